The van der Waals surface area contributed by atoms with Gasteiger partial charge in [0.15, 0.2) is 5.17 Å². The number of thioether (sulfide) groups is 1. The molecule has 37 heavy (non-hydrogen) atoms. The second kappa shape index (κ2) is 11.0. The third-order valence-corrected chi connectivity index (χ3v) is 7.63. The second-order valence-corrected chi connectivity index (χ2v) is 10.3. The van der Waals surface area contributed by atoms with Crippen molar-refractivity contribution in [2.75, 3.05) is 19.8 Å². The average Bonchev–Trinajstić information content (AvgIpc) is 2.85. The molecule has 2 aromatic rings. The third kappa shape index (κ3) is 6.12. The summed E-state index contributed by atoms with van der Waals surface area (Å²) in [4.78, 5) is 17.4. The van der Waals surface area contributed by atoms with Gasteiger partial charge in [0, 0.05) is 40.5 Å². The number of ether oxygens (including phenoxy) is 1. The quantitative estimate of drug-likeness (QED) is 0.496. The van der Waals surface area contributed by atoms with E-state index in [1.54, 1.807) is 37.3 Å². The van der Waals surface area contributed by atoms with Crippen LogP contribution in [0.4, 0.5) is 26.3 Å². The molecule has 1 amide bonds. The van der Waals surface area contributed by atoms with Crippen LogP contribution in [0.1, 0.15) is 34.8 Å². The van der Waals surface area contributed by atoms with E-state index >= 15 is 4.39 Å². The predicted octanol–water partition coefficient (Wildman–Crippen LogP) is 5.11. The summed E-state index contributed by atoms with van der Waals surface area (Å²) < 4.78 is 87.7. The fourth-order valence-corrected chi connectivity index (χ4v) is 5.91. The molecule has 2 aliphatic rings. The molecule has 2 heterocycles. The Morgan fingerprint density at radius 2 is 1.92 bits per heavy atom. The van der Waals surface area contributed by atoms with Gasteiger partial charge in [0.1, 0.15) is 23.8 Å². The number of nitrogens with one attached hydrogen (secondary N) is 2. The summed E-state index contributed by atoms with van der Waals surface area (Å²) in [7, 11) is 0. The maximum absolute atomic E-state index is 15.3. The Balaban J connectivity index is 1.75. The number of amides is 1. The number of hydrogen-bond donors (Lipinski definition) is 2. The van der Waals surface area contributed by atoms with Crippen LogP contribution in [0.2, 0.25) is 0 Å². The molecule has 0 bridgehead atoms. The number of benzene rings is 2. The summed E-state index contributed by atoms with van der Waals surface area (Å²) in [5.41, 5.74) is -1.52. The van der Waals surface area contributed by atoms with Gasteiger partial charge in [-0.1, -0.05) is 30.0 Å². The summed E-state index contributed by atoms with van der Waals surface area (Å²) in [6, 6.07) is 9.96. The van der Waals surface area contributed by atoms with Gasteiger partial charge in [0.05, 0.1) is 19.3 Å². The lowest BCUT2D eigenvalue weighted by Crippen LogP contribution is -2.54. The normalized spacial score (nSPS) is 25.8. The Hall–Kier alpha value is -2.57. The first-order valence-corrected chi connectivity index (χ1v) is 12.5. The van der Waals surface area contributed by atoms with Gasteiger partial charge < -0.3 is 15.4 Å². The highest BCUT2D eigenvalue weighted by molar-refractivity contribution is 8.14. The largest absolute Gasteiger partial charge is 0.401 e. The number of fused-ring (bicyclic) bond motifs is 1. The van der Waals surface area contributed by atoms with E-state index in [1.165, 1.54) is 0 Å². The van der Waals surface area contributed by atoms with Gasteiger partial charge in [0.2, 0.25) is 0 Å². The van der Waals surface area contributed by atoms with E-state index in [2.05, 4.69) is 15.6 Å². The molecule has 2 aliphatic heterocycles. The molecule has 1 saturated heterocycles. The van der Waals surface area contributed by atoms with Crippen LogP contribution in [0.15, 0.2) is 47.5 Å². The third-order valence-electron chi connectivity index (χ3n) is 6.45. The van der Waals surface area contributed by atoms with Crippen LogP contribution in [0.5, 0.6) is 0 Å². The van der Waals surface area contributed by atoms with Crippen molar-refractivity contribution < 1.29 is 35.9 Å². The van der Waals surface area contributed by atoms with Crippen molar-refractivity contribution in [3.8, 4) is 0 Å². The lowest BCUT2D eigenvalue weighted by Gasteiger charge is -2.49. The minimum atomic E-state index is -4.51. The molecule has 12 heteroatoms. The molecule has 5 nitrogen and oxygen atoms in total. The topological polar surface area (TPSA) is 62.7 Å². The summed E-state index contributed by atoms with van der Waals surface area (Å²) in [5, 5.41) is 4.08. The van der Waals surface area contributed by atoms with E-state index in [-0.39, 0.29) is 29.0 Å². The Kier molecular flexibility index (Phi) is 8.20. The van der Waals surface area contributed by atoms with Gasteiger partial charge in [-0.3, -0.25) is 4.79 Å². The van der Waals surface area contributed by atoms with Crippen LogP contribution in [-0.2, 0) is 16.8 Å². The number of amidine groups is 1. The molecule has 0 spiro atoms. The Morgan fingerprint density at radius 1 is 1.19 bits per heavy atom. The standard InChI is InChI=1S/C25H25F6N3O2S/c1-14-7-18-21(10-26)37-23(33-22(35)15-5-3-2-4-6-15)34-24(18,13-36-14)17-8-16(19(27)9-20(17)28)11-32-12-25(29,30)31/h2-6,8-9,14,18,21,32H,7,10-13H2,1H3,(H,33,34,35). The zero-order chi connectivity index (χ0) is 26.8. The van der Waals surface area contributed by atoms with Gasteiger partial charge in [-0.25, -0.2) is 18.2 Å². The highest BCUT2D eigenvalue weighted by atomic mass is 32.2. The van der Waals surface area contributed by atoms with Crippen molar-refractivity contribution >= 4 is 22.8 Å². The number of carbonyl (C=O) groups is 1. The molecule has 4 rings (SSSR count). The zero-order valence-corrected chi connectivity index (χ0v) is 20.6. The fourth-order valence-electron chi connectivity index (χ4n) is 4.70. The lowest BCUT2D eigenvalue weighted by atomic mass is 9.72. The molecule has 0 radical (unpaired) electrons. The second-order valence-electron chi connectivity index (χ2n) is 9.08. The van der Waals surface area contributed by atoms with Crippen molar-refractivity contribution in [2.24, 2.45) is 10.9 Å². The number of alkyl halides is 4. The van der Waals surface area contributed by atoms with E-state index in [9.17, 15) is 26.7 Å². The molecule has 2 N–H and O–H groups in total. The molecular weight excluding hydrogens is 520 g/mol. The average molecular weight is 546 g/mol. The van der Waals surface area contributed by atoms with E-state index in [1.807, 2.05) is 0 Å². The number of rotatable bonds is 6. The minimum Gasteiger partial charge on any atom is -0.376 e. The van der Waals surface area contributed by atoms with Crippen LogP contribution >= 0.6 is 11.8 Å². The Morgan fingerprint density at radius 3 is 2.59 bits per heavy atom. The summed E-state index contributed by atoms with van der Waals surface area (Å²) in [5.74, 6) is -3.09. The van der Waals surface area contributed by atoms with Gasteiger partial charge in [0.25, 0.3) is 5.91 Å². The summed E-state index contributed by atoms with van der Waals surface area (Å²) in [6.45, 7) is -1.08. The van der Waals surface area contributed by atoms with Crippen LogP contribution in [-0.4, -0.2) is 48.4 Å². The predicted molar refractivity (Wildman–Crippen MR) is 128 cm³/mol. The molecular formula is C25H25F6N3O2S. The Bertz CT molecular complexity index is 1160. The Labute approximate surface area is 214 Å². The van der Waals surface area contributed by atoms with Gasteiger partial charge in [-0.05, 0) is 31.5 Å². The van der Waals surface area contributed by atoms with E-state index < -0.39 is 60.2 Å². The van der Waals surface area contributed by atoms with Crippen LogP contribution in [0, 0.1) is 17.6 Å². The number of carbonyl (C=O) groups excluding carboxylic acids is 1. The zero-order valence-electron chi connectivity index (χ0n) is 19.7. The number of hydrogen-bond acceptors (Lipinski definition) is 5. The van der Waals surface area contributed by atoms with Crippen molar-refractivity contribution in [2.45, 2.75) is 43.0 Å². The number of halogens is 6. The SMILES string of the molecule is CC1CC2C(CF)SC(NC(=O)c3ccccc3)=NC2(c2cc(CNCC(F)(F)F)c(F)cc2F)CO1. The van der Waals surface area contributed by atoms with E-state index in [0.717, 1.165) is 17.8 Å². The number of nitrogens with zero attached hydrogens (tertiary/aromatic N) is 1. The molecule has 1 fully saturated rings. The minimum absolute atomic E-state index is 0.0476. The van der Waals surface area contributed by atoms with Crippen LogP contribution < -0.4 is 10.6 Å². The van der Waals surface area contributed by atoms with Crippen LogP contribution in [0.3, 0.4) is 0 Å². The molecule has 0 aromatic heterocycles. The van der Waals surface area contributed by atoms with Gasteiger partial charge in [-0.2, -0.15) is 13.2 Å². The van der Waals surface area contributed by atoms with Crippen molar-refractivity contribution in [1.29, 1.82) is 0 Å². The summed E-state index contributed by atoms with van der Waals surface area (Å²) >= 11 is 1.02. The summed E-state index contributed by atoms with van der Waals surface area (Å²) in [6.07, 6.45) is -4.50. The molecule has 2 aromatic carbocycles. The van der Waals surface area contributed by atoms with Crippen molar-refractivity contribution in [3.05, 3.63) is 70.8 Å². The van der Waals surface area contributed by atoms with Crippen LogP contribution in [0.25, 0.3) is 0 Å². The highest BCUT2D eigenvalue weighted by Gasteiger charge is 2.53. The van der Waals surface area contributed by atoms with E-state index in [0.29, 0.717) is 18.1 Å². The smallest absolute Gasteiger partial charge is 0.376 e. The molecule has 4 atom stereocenters. The van der Waals surface area contributed by atoms with Crippen molar-refractivity contribution in [1.82, 2.24) is 10.6 Å². The molecule has 200 valence electrons. The first kappa shape index (κ1) is 27.5. The number of aliphatic imine (C=N–C) groups is 1. The van der Waals surface area contributed by atoms with Gasteiger partial charge in [-0.15, -0.1) is 0 Å². The van der Waals surface area contributed by atoms with Crippen molar-refractivity contribution in [3.63, 3.8) is 0 Å². The first-order valence-electron chi connectivity index (χ1n) is 11.6. The molecule has 4 unspecified atom stereocenters. The molecule has 0 saturated carbocycles. The molecule has 0 aliphatic carbocycles. The van der Waals surface area contributed by atoms with E-state index in [4.69, 9.17) is 4.74 Å². The fraction of sp³-hybridized carbons (Fsp3) is 0.440. The first-order chi connectivity index (χ1) is 17.5. The monoisotopic (exact) mass is 545 g/mol. The van der Waals surface area contributed by atoms with Gasteiger partial charge >= 0.3 is 6.18 Å². The maximum Gasteiger partial charge on any atom is 0.401 e. The lowest BCUT2D eigenvalue weighted by molar-refractivity contribution is -0.125. The highest BCUT2D eigenvalue weighted by Crippen LogP contribution is 2.50. The maximum atomic E-state index is 15.3.